The van der Waals surface area contributed by atoms with Gasteiger partial charge < -0.3 is 8.98 Å². The molecule has 0 aliphatic heterocycles. The third kappa shape index (κ3) is 6.61. The van der Waals surface area contributed by atoms with Crippen molar-refractivity contribution in [2.75, 3.05) is 0 Å². The lowest BCUT2D eigenvalue weighted by Gasteiger charge is -2.22. The van der Waals surface area contributed by atoms with E-state index in [4.69, 9.17) is 4.42 Å². The van der Waals surface area contributed by atoms with Crippen molar-refractivity contribution >= 4 is 38.9 Å². The predicted octanol–water partition coefficient (Wildman–Crippen LogP) is 15.9. The maximum absolute atomic E-state index is 6.65. The van der Waals surface area contributed by atoms with Crippen LogP contribution in [0.5, 0.6) is 0 Å². The van der Waals surface area contributed by atoms with E-state index in [9.17, 15) is 0 Å². The molecule has 2 aliphatic rings. The van der Waals surface area contributed by atoms with Gasteiger partial charge in [0, 0.05) is 38.4 Å². The normalized spacial score (nSPS) is 13.7. The van der Waals surface area contributed by atoms with Crippen molar-refractivity contribution in [2.45, 2.75) is 72.1 Å². The summed E-state index contributed by atoms with van der Waals surface area (Å²) in [6.45, 7) is 18.0. The number of furan rings is 1. The molecule has 0 atom stereocenters. The van der Waals surface area contributed by atoms with Crippen molar-refractivity contribution < 1.29 is 4.42 Å². The third-order valence-electron chi connectivity index (χ3n) is 12.6. The van der Waals surface area contributed by atoms with Crippen LogP contribution in [0.15, 0.2) is 163 Å². The Kier molecular flexibility index (Phi) is 9.97. The summed E-state index contributed by atoms with van der Waals surface area (Å²) in [5.74, 6) is 1.03. The molecule has 2 aromatic heterocycles. The Hall–Kier alpha value is -6.38. The first-order valence-electron chi connectivity index (χ1n) is 21.3. The highest BCUT2D eigenvalue weighted by molar-refractivity contribution is 6.12. The number of benzene rings is 6. The van der Waals surface area contributed by atoms with Gasteiger partial charge in [-0.15, -0.1) is 0 Å². The number of aromatic nitrogens is 1. The first-order valence-corrected chi connectivity index (χ1v) is 21.3. The van der Waals surface area contributed by atoms with Gasteiger partial charge in [-0.25, -0.2) is 0 Å². The molecule has 59 heavy (non-hydrogen) atoms. The molecule has 8 aromatic rings. The Morgan fingerprint density at radius 1 is 0.763 bits per heavy atom. The highest BCUT2D eigenvalue weighted by Crippen LogP contribution is 2.53. The SMILES string of the molecule is C/C=C\Cc1cc(-c2ccc3c(c2)c2cc(-c4ccccc4)ccc2n3-c2ccc3c(c2)C(C)(C)c2ccc4c5c(oc4c2-3)C=CCC5)ccc1CCC.C=CC(=C)C. The van der Waals surface area contributed by atoms with Gasteiger partial charge in [0.1, 0.15) is 11.3 Å². The van der Waals surface area contributed by atoms with Crippen molar-refractivity contribution in [1.82, 2.24) is 4.57 Å². The topological polar surface area (TPSA) is 18.1 Å². The van der Waals surface area contributed by atoms with Crippen molar-refractivity contribution in [2.24, 2.45) is 0 Å². The van der Waals surface area contributed by atoms with Gasteiger partial charge in [0.15, 0.2) is 0 Å². The highest BCUT2D eigenvalue weighted by atomic mass is 16.3. The molecule has 0 radical (unpaired) electrons. The molecule has 0 bridgehead atoms. The monoisotopic (exact) mass is 767 g/mol. The maximum Gasteiger partial charge on any atom is 0.143 e. The van der Waals surface area contributed by atoms with Crippen LogP contribution in [-0.2, 0) is 24.7 Å². The molecule has 292 valence electrons. The second kappa shape index (κ2) is 15.4. The van der Waals surface area contributed by atoms with Gasteiger partial charge in [0.05, 0.1) is 11.0 Å². The zero-order valence-electron chi connectivity index (χ0n) is 35.2. The fraction of sp³-hybridized carbons (Fsp3) is 0.193. The van der Waals surface area contributed by atoms with Crippen LogP contribution in [-0.4, -0.2) is 4.57 Å². The first-order chi connectivity index (χ1) is 28.7. The molecule has 0 fully saturated rings. The number of rotatable bonds is 8. The minimum Gasteiger partial charge on any atom is -0.456 e. The van der Waals surface area contributed by atoms with E-state index in [2.05, 4.69) is 185 Å². The van der Waals surface area contributed by atoms with Crippen LogP contribution in [0.3, 0.4) is 0 Å². The van der Waals surface area contributed by atoms with Crippen molar-refractivity contribution in [3.05, 3.63) is 192 Å². The number of hydrogen-bond acceptors (Lipinski definition) is 1. The minimum atomic E-state index is -0.168. The first kappa shape index (κ1) is 38.2. The summed E-state index contributed by atoms with van der Waals surface area (Å²) >= 11 is 0. The molecule has 0 unspecified atom stereocenters. The second-order valence-electron chi connectivity index (χ2n) is 16.8. The summed E-state index contributed by atoms with van der Waals surface area (Å²) in [4.78, 5) is 0. The molecule has 0 N–H and O–H groups in total. The second-order valence-corrected chi connectivity index (χ2v) is 16.8. The van der Waals surface area contributed by atoms with Crippen LogP contribution in [0.25, 0.3) is 77.9 Å². The number of fused-ring (bicyclic) bond motifs is 10. The van der Waals surface area contributed by atoms with E-state index < -0.39 is 0 Å². The summed E-state index contributed by atoms with van der Waals surface area (Å²) in [6, 6.07) is 43.7. The standard InChI is InChI=1S/C52H45NO.C5H8/c1-5-7-14-35-29-36(20-19-33(35)13-6-2)38-22-28-48-44(31-38)43-30-37(34-15-9-8-10-16-34)21-27-47(43)53(48)39-23-24-42-46(32-39)52(3,4)45-26-25-41-40-17-11-12-18-49(40)54-51(41)50(42)45;1-4-5(2)3/h5,7-10,12,15-16,18-32H,6,11,13-14,17H2,1-4H3;4H,1-2H2,3H3/b7-5-;. The van der Waals surface area contributed by atoms with Gasteiger partial charge in [-0.2, -0.15) is 0 Å². The van der Waals surface area contributed by atoms with Crippen LogP contribution in [0.4, 0.5) is 0 Å². The Balaban J connectivity index is 0.000000849. The van der Waals surface area contributed by atoms with Crippen LogP contribution >= 0.6 is 0 Å². The summed E-state index contributed by atoms with van der Waals surface area (Å²) < 4.78 is 9.13. The van der Waals surface area contributed by atoms with Gasteiger partial charge in [-0.3, -0.25) is 0 Å². The summed E-state index contributed by atoms with van der Waals surface area (Å²) in [6.07, 6.45) is 15.9. The minimum absolute atomic E-state index is 0.168. The number of nitrogens with zero attached hydrogens (tertiary/aromatic N) is 1. The zero-order chi connectivity index (χ0) is 40.8. The van der Waals surface area contributed by atoms with Gasteiger partial charge in [0.25, 0.3) is 0 Å². The molecule has 2 nitrogen and oxygen atoms in total. The molecule has 0 spiro atoms. The fourth-order valence-electron chi connectivity index (χ4n) is 9.43. The predicted molar refractivity (Wildman–Crippen MR) is 254 cm³/mol. The summed E-state index contributed by atoms with van der Waals surface area (Å²) in [5.41, 5.74) is 20.0. The van der Waals surface area contributed by atoms with Gasteiger partial charge in [-0.1, -0.05) is 149 Å². The average Bonchev–Trinajstić information content (AvgIpc) is 3.88. The van der Waals surface area contributed by atoms with E-state index in [1.807, 2.05) is 6.92 Å². The largest absolute Gasteiger partial charge is 0.456 e. The van der Waals surface area contributed by atoms with E-state index in [1.165, 1.54) is 94.1 Å². The average molecular weight is 768 g/mol. The van der Waals surface area contributed by atoms with Crippen molar-refractivity contribution in [3.63, 3.8) is 0 Å². The van der Waals surface area contributed by atoms with E-state index in [0.717, 1.165) is 49.0 Å². The van der Waals surface area contributed by atoms with Crippen molar-refractivity contribution in [1.29, 1.82) is 0 Å². The molecule has 0 amide bonds. The van der Waals surface area contributed by atoms with Gasteiger partial charge in [0.2, 0.25) is 0 Å². The Bertz CT molecular complexity index is 2990. The Morgan fingerprint density at radius 2 is 1.46 bits per heavy atom. The highest BCUT2D eigenvalue weighted by Gasteiger charge is 2.38. The lowest BCUT2D eigenvalue weighted by molar-refractivity contribution is 0.595. The van der Waals surface area contributed by atoms with E-state index in [-0.39, 0.29) is 5.41 Å². The molecule has 6 aromatic carbocycles. The lowest BCUT2D eigenvalue weighted by atomic mass is 9.82. The summed E-state index contributed by atoms with van der Waals surface area (Å²) in [5, 5.41) is 3.80. The van der Waals surface area contributed by atoms with E-state index >= 15 is 0 Å². The Morgan fingerprint density at radius 3 is 2.15 bits per heavy atom. The number of aryl methyl sites for hydroxylation is 2. The van der Waals surface area contributed by atoms with Crippen LogP contribution < -0.4 is 0 Å². The van der Waals surface area contributed by atoms with E-state index in [1.54, 1.807) is 6.08 Å². The maximum atomic E-state index is 6.65. The van der Waals surface area contributed by atoms with Crippen LogP contribution in [0, 0.1) is 0 Å². The van der Waals surface area contributed by atoms with Gasteiger partial charge >= 0.3 is 0 Å². The van der Waals surface area contributed by atoms with Gasteiger partial charge in [-0.05, 0) is 132 Å². The lowest BCUT2D eigenvalue weighted by Crippen LogP contribution is -2.15. The number of allylic oxidation sites excluding steroid dienone is 5. The quantitative estimate of drug-likeness (QED) is 0.111. The molecular formula is C57H53NO. The Labute approximate surface area is 349 Å². The molecule has 2 aliphatic carbocycles. The van der Waals surface area contributed by atoms with E-state index in [0.29, 0.717) is 0 Å². The molecule has 0 saturated heterocycles. The third-order valence-corrected chi connectivity index (χ3v) is 12.6. The van der Waals surface area contributed by atoms with Crippen LogP contribution in [0.2, 0.25) is 0 Å². The molecule has 2 heteroatoms. The number of hydrogen-bond donors (Lipinski definition) is 0. The zero-order valence-corrected chi connectivity index (χ0v) is 35.2. The molecular weight excluding hydrogens is 715 g/mol. The fourth-order valence-corrected chi connectivity index (χ4v) is 9.43. The summed E-state index contributed by atoms with van der Waals surface area (Å²) in [7, 11) is 0. The molecule has 2 heterocycles. The smallest absolute Gasteiger partial charge is 0.143 e. The molecule has 10 rings (SSSR count). The molecule has 0 saturated carbocycles. The van der Waals surface area contributed by atoms with Crippen LogP contribution in [0.1, 0.15) is 81.0 Å². The van der Waals surface area contributed by atoms with Crippen molar-refractivity contribution in [3.8, 4) is 39.1 Å².